The predicted molar refractivity (Wildman–Crippen MR) is 67.9 cm³/mol. The van der Waals surface area contributed by atoms with E-state index in [1.54, 1.807) is 6.07 Å². The molecule has 0 radical (unpaired) electrons. The number of carbonyl (C=O) groups excluding carboxylic acids is 1. The van der Waals surface area contributed by atoms with Crippen LogP contribution < -0.4 is 0 Å². The van der Waals surface area contributed by atoms with Crippen LogP contribution in [0.15, 0.2) is 16.7 Å². The maximum absolute atomic E-state index is 12.2. The predicted octanol–water partition coefficient (Wildman–Crippen LogP) is 0.697. The Kier molecular flexibility index (Phi) is 5.67. The van der Waals surface area contributed by atoms with Gasteiger partial charge in [0.05, 0.1) is 13.2 Å². The summed E-state index contributed by atoms with van der Waals surface area (Å²) in [6.07, 6.45) is 1.84. The first-order valence-corrected chi connectivity index (χ1v) is 6.30. The summed E-state index contributed by atoms with van der Waals surface area (Å²) < 4.78 is 2.67. The molecule has 0 fully saturated rings. The molecule has 0 saturated carbocycles. The molecule has 5 nitrogen and oxygen atoms in total. The molecule has 0 aliphatic rings. The summed E-state index contributed by atoms with van der Waals surface area (Å²) in [5, 5.41) is 17.8. The van der Waals surface area contributed by atoms with Crippen molar-refractivity contribution >= 4 is 21.8 Å². The normalized spacial score (nSPS) is 10.6. The van der Waals surface area contributed by atoms with Crippen molar-refractivity contribution in [3.8, 4) is 0 Å². The Morgan fingerprint density at radius 2 is 2.00 bits per heavy atom. The molecule has 1 rings (SSSR count). The van der Waals surface area contributed by atoms with E-state index in [2.05, 4.69) is 15.9 Å². The number of carbonyl (C=O) groups is 1. The summed E-state index contributed by atoms with van der Waals surface area (Å²) in [6.45, 7) is 2.88. The summed E-state index contributed by atoms with van der Waals surface area (Å²) in [7, 11) is 0. The zero-order chi connectivity index (χ0) is 12.8. The molecule has 0 spiro atoms. The minimum absolute atomic E-state index is 0.111. The number of rotatable bonds is 6. The van der Waals surface area contributed by atoms with Crippen LogP contribution in [0, 0.1) is 0 Å². The summed E-state index contributed by atoms with van der Waals surface area (Å²) >= 11 is 3.33. The van der Waals surface area contributed by atoms with Crippen molar-refractivity contribution in [2.75, 3.05) is 26.3 Å². The van der Waals surface area contributed by atoms with E-state index in [-0.39, 0.29) is 32.2 Å². The second-order valence-electron chi connectivity index (χ2n) is 3.57. The van der Waals surface area contributed by atoms with Crippen molar-refractivity contribution in [2.24, 2.45) is 0 Å². The van der Waals surface area contributed by atoms with Crippen molar-refractivity contribution in [3.63, 3.8) is 0 Å². The van der Waals surface area contributed by atoms with Gasteiger partial charge in [-0.25, -0.2) is 0 Å². The molecule has 0 aliphatic heterocycles. The van der Waals surface area contributed by atoms with Crippen LogP contribution in [0.1, 0.15) is 17.4 Å². The Hall–Kier alpha value is -0.850. The number of nitrogens with zero attached hydrogens (tertiary/aromatic N) is 2. The lowest BCUT2D eigenvalue weighted by Gasteiger charge is -2.21. The number of amides is 1. The van der Waals surface area contributed by atoms with Crippen LogP contribution in [0.4, 0.5) is 0 Å². The number of aliphatic hydroxyl groups excluding tert-OH is 2. The van der Waals surface area contributed by atoms with Gasteiger partial charge in [-0.2, -0.15) is 0 Å². The Bertz CT molecular complexity index is 373. The standard InChI is InChI=1S/C11H17BrN2O3/c1-2-13-8-9(12)7-10(13)11(17)14(3-5-15)4-6-16/h7-8,15-16H,2-6H2,1H3. The molecule has 2 N–H and O–H groups in total. The minimum Gasteiger partial charge on any atom is -0.395 e. The van der Waals surface area contributed by atoms with Gasteiger partial charge in [0, 0.05) is 30.3 Å². The van der Waals surface area contributed by atoms with E-state index in [0.717, 1.165) is 4.47 Å². The van der Waals surface area contributed by atoms with Gasteiger partial charge in [-0.1, -0.05) is 0 Å². The van der Waals surface area contributed by atoms with Gasteiger partial charge in [-0.3, -0.25) is 4.79 Å². The second-order valence-corrected chi connectivity index (χ2v) is 4.48. The topological polar surface area (TPSA) is 65.7 Å². The van der Waals surface area contributed by atoms with E-state index in [9.17, 15) is 4.79 Å². The third kappa shape index (κ3) is 3.55. The molecular weight excluding hydrogens is 288 g/mol. The first-order chi connectivity index (χ1) is 8.13. The molecule has 0 aromatic carbocycles. The van der Waals surface area contributed by atoms with Gasteiger partial charge in [0.15, 0.2) is 0 Å². The average Bonchev–Trinajstić information content (AvgIpc) is 2.69. The maximum atomic E-state index is 12.2. The third-order valence-corrected chi connectivity index (χ3v) is 2.88. The zero-order valence-corrected chi connectivity index (χ0v) is 11.4. The largest absolute Gasteiger partial charge is 0.395 e. The van der Waals surface area contributed by atoms with Crippen molar-refractivity contribution in [1.29, 1.82) is 0 Å². The van der Waals surface area contributed by atoms with Gasteiger partial charge in [0.1, 0.15) is 5.69 Å². The van der Waals surface area contributed by atoms with Crippen molar-refractivity contribution in [3.05, 3.63) is 22.4 Å². The Morgan fingerprint density at radius 1 is 1.41 bits per heavy atom. The molecule has 6 heteroatoms. The fraction of sp³-hybridized carbons (Fsp3) is 0.545. The van der Waals surface area contributed by atoms with Gasteiger partial charge in [0.2, 0.25) is 0 Å². The summed E-state index contributed by atoms with van der Waals surface area (Å²) in [4.78, 5) is 13.6. The molecule has 0 aliphatic carbocycles. The molecule has 0 atom stereocenters. The van der Waals surface area contributed by atoms with Gasteiger partial charge in [0.25, 0.3) is 5.91 Å². The molecule has 1 amide bonds. The van der Waals surface area contributed by atoms with E-state index in [0.29, 0.717) is 12.2 Å². The Labute approximate surface area is 109 Å². The number of hydrogen-bond acceptors (Lipinski definition) is 3. The zero-order valence-electron chi connectivity index (χ0n) is 9.77. The first-order valence-electron chi connectivity index (χ1n) is 5.50. The van der Waals surface area contributed by atoms with Crippen LogP contribution in [0.3, 0.4) is 0 Å². The van der Waals surface area contributed by atoms with Gasteiger partial charge < -0.3 is 19.7 Å². The van der Waals surface area contributed by atoms with Gasteiger partial charge in [-0.05, 0) is 28.9 Å². The van der Waals surface area contributed by atoms with Crippen molar-refractivity contribution < 1.29 is 15.0 Å². The molecular formula is C11H17BrN2O3. The summed E-state index contributed by atoms with van der Waals surface area (Å²) in [6, 6.07) is 1.74. The van der Waals surface area contributed by atoms with Crippen LogP contribution in [-0.4, -0.2) is 51.9 Å². The van der Waals surface area contributed by atoms with E-state index in [1.807, 2.05) is 17.7 Å². The van der Waals surface area contributed by atoms with Crippen molar-refractivity contribution in [2.45, 2.75) is 13.5 Å². The fourth-order valence-corrected chi connectivity index (χ4v) is 2.10. The number of aliphatic hydroxyl groups is 2. The molecule has 1 heterocycles. The Balaban J connectivity index is 2.91. The Morgan fingerprint density at radius 3 is 2.47 bits per heavy atom. The lowest BCUT2D eigenvalue weighted by molar-refractivity contribution is 0.0674. The average molecular weight is 305 g/mol. The van der Waals surface area contributed by atoms with Crippen LogP contribution in [0.2, 0.25) is 0 Å². The highest BCUT2D eigenvalue weighted by Crippen LogP contribution is 2.16. The molecule has 96 valence electrons. The molecule has 0 saturated heterocycles. The van der Waals surface area contributed by atoms with E-state index in [1.165, 1.54) is 4.90 Å². The molecule has 0 bridgehead atoms. The van der Waals surface area contributed by atoms with E-state index in [4.69, 9.17) is 10.2 Å². The number of aryl methyl sites for hydroxylation is 1. The van der Waals surface area contributed by atoms with E-state index < -0.39 is 0 Å². The number of aromatic nitrogens is 1. The lowest BCUT2D eigenvalue weighted by Crippen LogP contribution is -2.36. The molecule has 1 aromatic heterocycles. The van der Waals surface area contributed by atoms with Crippen LogP contribution in [0.25, 0.3) is 0 Å². The molecule has 1 aromatic rings. The number of halogens is 1. The molecule has 0 unspecified atom stereocenters. The van der Waals surface area contributed by atoms with Crippen LogP contribution in [0.5, 0.6) is 0 Å². The first kappa shape index (κ1) is 14.2. The summed E-state index contributed by atoms with van der Waals surface area (Å²) in [5.74, 6) is -0.180. The van der Waals surface area contributed by atoms with Crippen LogP contribution in [-0.2, 0) is 6.54 Å². The maximum Gasteiger partial charge on any atom is 0.270 e. The van der Waals surface area contributed by atoms with Gasteiger partial charge in [-0.15, -0.1) is 0 Å². The van der Waals surface area contributed by atoms with Gasteiger partial charge >= 0.3 is 0 Å². The molecule has 17 heavy (non-hydrogen) atoms. The number of hydrogen-bond donors (Lipinski definition) is 2. The smallest absolute Gasteiger partial charge is 0.270 e. The SMILES string of the molecule is CCn1cc(Br)cc1C(=O)N(CCO)CCO. The monoisotopic (exact) mass is 304 g/mol. The minimum atomic E-state index is -0.180. The third-order valence-electron chi connectivity index (χ3n) is 2.45. The highest BCUT2D eigenvalue weighted by molar-refractivity contribution is 9.10. The fourth-order valence-electron chi connectivity index (χ4n) is 1.63. The van der Waals surface area contributed by atoms with Crippen LogP contribution >= 0.6 is 15.9 Å². The van der Waals surface area contributed by atoms with E-state index >= 15 is 0 Å². The highest BCUT2D eigenvalue weighted by atomic mass is 79.9. The highest BCUT2D eigenvalue weighted by Gasteiger charge is 2.18. The second kappa shape index (κ2) is 6.78. The lowest BCUT2D eigenvalue weighted by atomic mass is 10.3. The quantitative estimate of drug-likeness (QED) is 0.813. The summed E-state index contributed by atoms with van der Waals surface area (Å²) in [5.41, 5.74) is 0.557. The van der Waals surface area contributed by atoms with Crippen molar-refractivity contribution in [1.82, 2.24) is 9.47 Å².